The van der Waals surface area contributed by atoms with Crippen LogP contribution in [0.1, 0.15) is 24.5 Å². The first-order chi connectivity index (χ1) is 15.2. The summed E-state index contributed by atoms with van der Waals surface area (Å²) < 4.78 is 76.2. The number of fused-ring (bicyclic) bond motifs is 3. The molecular formula is C19H17F5N4O3S. The Balaban J connectivity index is 1.71. The van der Waals surface area contributed by atoms with Gasteiger partial charge in [0.1, 0.15) is 6.10 Å². The fourth-order valence-corrected chi connectivity index (χ4v) is 4.82. The third kappa shape index (κ3) is 3.88. The third-order valence-electron chi connectivity index (χ3n) is 5.61. The first-order valence-electron chi connectivity index (χ1n) is 9.78. The SMILES string of the molecule is OC(c1cc(-c2cscn2)c2oc(N3CC4CCC(C3)N4)nc2c1OC(F)(F)F)C(F)F. The number of aromatic nitrogens is 2. The summed E-state index contributed by atoms with van der Waals surface area (Å²) in [6.45, 7) is 1.08. The van der Waals surface area contributed by atoms with Crippen molar-refractivity contribution in [3.63, 3.8) is 0 Å². The maximum absolute atomic E-state index is 13.3. The Morgan fingerprint density at radius 1 is 1.25 bits per heavy atom. The maximum Gasteiger partial charge on any atom is 0.573 e. The Kier molecular flexibility index (Phi) is 5.21. The Hall–Kier alpha value is -2.51. The van der Waals surface area contributed by atoms with Crippen molar-refractivity contribution in [2.24, 2.45) is 0 Å². The average molecular weight is 476 g/mol. The number of oxazole rings is 1. The van der Waals surface area contributed by atoms with Crippen LogP contribution in [0.4, 0.5) is 28.0 Å². The summed E-state index contributed by atoms with van der Waals surface area (Å²) in [5, 5.41) is 15.0. The molecule has 5 rings (SSSR count). The number of anilines is 1. The van der Waals surface area contributed by atoms with Crippen molar-refractivity contribution >= 4 is 28.5 Å². The van der Waals surface area contributed by atoms with E-state index in [1.54, 1.807) is 5.38 Å². The van der Waals surface area contributed by atoms with Crippen LogP contribution in [-0.4, -0.2) is 53.0 Å². The molecule has 0 amide bonds. The third-order valence-corrected chi connectivity index (χ3v) is 6.19. The number of thiazole rings is 1. The fourth-order valence-electron chi connectivity index (χ4n) is 4.27. The highest BCUT2D eigenvalue weighted by atomic mass is 32.1. The number of aliphatic hydroxyl groups excluding tert-OH is 1. The van der Waals surface area contributed by atoms with E-state index in [4.69, 9.17) is 4.42 Å². The number of piperazine rings is 1. The molecule has 13 heteroatoms. The minimum Gasteiger partial charge on any atom is -0.423 e. The van der Waals surface area contributed by atoms with E-state index < -0.39 is 35.7 Å². The number of benzene rings is 1. The second-order valence-electron chi connectivity index (χ2n) is 7.76. The van der Waals surface area contributed by atoms with E-state index in [1.807, 2.05) is 4.90 Å². The average Bonchev–Trinajstić information content (AvgIpc) is 3.46. The molecule has 3 aromatic rings. The largest absolute Gasteiger partial charge is 0.573 e. The number of alkyl halides is 5. The molecule has 1 aromatic carbocycles. The maximum atomic E-state index is 13.3. The second kappa shape index (κ2) is 7.81. The van der Waals surface area contributed by atoms with Crippen LogP contribution in [-0.2, 0) is 0 Å². The highest BCUT2D eigenvalue weighted by molar-refractivity contribution is 7.07. The van der Waals surface area contributed by atoms with E-state index >= 15 is 0 Å². The molecule has 32 heavy (non-hydrogen) atoms. The predicted molar refractivity (Wildman–Crippen MR) is 105 cm³/mol. The van der Waals surface area contributed by atoms with Gasteiger partial charge in [-0.05, 0) is 18.9 Å². The van der Waals surface area contributed by atoms with Crippen LogP contribution in [0.15, 0.2) is 21.4 Å². The molecule has 2 N–H and O–H groups in total. The summed E-state index contributed by atoms with van der Waals surface area (Å²) in [6.07, 6.45) is -9.15. The van der Waals surface area contributed by atoms with Gasteiger partial charge in [-0.3, -0.25) is 0 Å². The zero-order valence-electron chi connectivity index (χ0n) is 16.3. The Bertz CT molecular complexity index is 1110. The molecule has 3 atom stereocenters. The second-order valence-corrected chi connectivity index (χ2v) is 8.48. The van der Waals surface area contributed by atoms with Crippen molar-refractivity contribution in [1.82, 2.24) is 15.3 Å². The zero-order chi connectivity index (χ0) is 22.6. The van der Waals surface area contributed by atoms with Gasteiger partial charge in [0.05, 0.1) is 11.2 Å². The van der Waals surface area contributed by atoms with Crippen LogP contribution >= 0.6 is 11.3 Å². The lowest BCUT2D eigenvalue weighted by Crippen LogP contribution is -2.51. The molecule has 7 nitrogen and oxygen atoms in total. The lowest BCUT2D eigenvalue weighted by atomic mass is 10.0. The van der Waals surface area contributed by atoms with E-state index in [2.05, 4.69) is 20.0 Å². The number of nitrogens with zero attached hydrogens (tertiary/aromatic N) is 3. The van der Waals surface area contributed by atoms with Gasteiger partial charge in [0.25, 0.3) is 12.4 Å². The highest BCUT2D eigenvalue weighted by Crippen LogP contribution is 2.44. The lowest BCUT2D eigenvalue weighted by molar-refractivity contribution is -0.274. The fraction of sp³-hybridized carbons (Fsp3) is 0.474. The first kappa shape index (κ1) is 21.3. The minimum absolute atomic E-state index is 0.0607. The highest BCUT2D eigenvalue weighted by Gasteiger charge is 2.39. The van der Waals surface area contributed by atoms with Gasteiger partial charge < -0.3 is 24.5 Å². The Labute approximate surface area is 181 Å². The molecule has 2 fully saturated rings. The number of nitrogens with one attached hydrogen (secondary N) is 1. The molecule has 4 heterocycles. The van der Waals surface area contributed by atoms with Gasteiger partial charge in [-0.1, -0.05) is 0 Å². The molecular weight excluding hydrogens is 459 g/mol. The first-order valence-corrected chi connectivity index (χ1v) is 10.7. The molecule has 2 aliphatic rings. The summed E-state index contributed by atoms with van der Waals surface area (Å²) in [5.41, 5.74) is 0.694. The molecule has 0 spiro atoms. The predicted octanol–water partition coefficient (Wildman–Crippen LogP) is 4.09. The number of hydrogen-bond donors (Lipinski definition) is 2. The van der Waals surface area contributed by atoms with Crippen LogP contribution in [0.25, 0.3) is 22.4 Å². The van der Waals surface area contributed by atoms with Gasteiger partial charge in [-0.15, -0.1) is 24.5 Å². The van der Waals surface area contributed by atoms with E-state index in [0.717, 1.165) is 18.9 Å². The van der Waals surface area contributed by atoms with E-state index in [-0.39, 0.29) is 29.2 Å². The standard InChI is InChI=1S/C19H17F5N4O3S/c20-17(21)14(29)11-3-10(12-6-32-7-25-12)15-13(16(11)31-19(22,23)24)27-18(30-15)28-4-8-1-2-9(5-28)26-8/h3,6-9,14,17,26,29H,1-2,4-5H2. The van der Waals surface area contributed by atoms with Crippen molar-refractivity contribution in [3.8, 4) is 17.0 Å². The van der Waals surface area contributed by atoms with Crippen molar-refractivity contribution in [2.45, 2.75) is 43.8 Å². The van der Waals surface area contributed by atoms with Crippen LogP contribution in [0.2, 0.25) is 0 Å². The number of aliphatic hydroxyl groups is 1. The summed E-state index contributed by atoms with van der Waals surface area (Å²) in [7, 11) is 0. The number of hydrogen-bond acceptors (Lipinski definition) is 8. The molecule has 3 unspecified atom stereocenters. The minimum atomic E-state index is -5.20. The number of rotatable bonds is 5. The van der Waals surface area contributed by atoms with Gasteiger partial charge >= 0.3 is 6.36 Å². The molecule has 0 aliphatic carbocycles. The smallest absolute Gasteiger partial charge is 0.423 e. The van der Waals surface area contributed by atoms with Gasteiger partial charge in [-0.2, -0.15) is 4.98 Å². The Morgan fingerprint density at radius 2 is 1.97 bits per heavy atom. The monoisotopic (exact) mass is 476 g/mol. The zero-order valence-corrected chi connectivity index (χ0v) is 17.1. The van der Waals surface area contributed by atoms with E-state index in [0.29, 0.717) is 18.8 Å². The summed E-state index contributed by atoms with van der Waals surface area (Å²) in [5.74, 6) is -1.01. The normalized spacial score (nSPS) is 22.2. The van der Waals surface area contributed by atoms with E-state index in [1.165, 1.54) is 16.8 Å². The topological polar surface area (TPSA) is 83.7 Å². The van der Waals surface area contributed by atoms with Crippen LogP contribution in [0, 0.1) is 0 Å². The van der Waals surface area contributed by atoms with Crippen molar-refractivity contribution in [2.75, 3.05) is 18.0 Å². The summed E-state index contributed by atoms with van der Waals surface area (Å²) in [4.78, 5) is 10.1. The summed E-state index contributed by atoms with van der Waals surface area (Å²) >= 11 is 1.21. The van der Waals surface area contributed by atoms with Gasteiger partial charge in [0.2, 0.25) is 0 Å². The van der Waals surface area contributed by atoms with Crippen LogP contribution in [0.5, 0.6) is 5.75 Å². The molecule has 0 radical (unpaired) electrons. The number of ether oxygens (including phenoxy) is 1. The van der Waals surface area contributed by atoms with Gasteiger partial charge in [0, 0.05) is 41.7 Å². The lowest BCUT2D eigenvalue weighted by Gasteiger charge is -2.31. The van der Waals surface area contributed by atoms with E-state index in [9.17, 15) is 27.1 Å². The molecule has 2 bridgehead atoms. The molecule has 0 saturated carbocycles. The van der Waals surface area contributed by atoms with Crippen molar-refractivity contribution in [3.05, 3.63) is 22.5 Å². The van der Waals surface area contributed by atoms with Crippen molar-refractivity contribution < 1.29 is 36.2 Å². The number of halogens is 5. The van der Waals surface area contributed by atoms with Gasteiger partial charge in [-0.25, -0.2) is 13.8 Å². The van der Waals surface area contributed by atoms with Crippen molar-refractivity contribution in [1.29, 1.82) is 0 Å². The molecule has 172 valence electrons. The molecule has 2 aliphatic heterocycles. The van der Waals surface area contributed by atoms with Crippen LogP contribution in [0.3, 0.4) is 0 Å². The Morgan fingerprint density at radius 3 is 2.56 bits per heavy atom. The summed E-state index contributed by atoms with van der Waals surface area (Å²) in [6, 6.07) is 1.45. The molecule has 2 aromatic heterocycles. The quantitative estimate of drug-likeness (QED) is 0.537. The van der Waals surface area contributed by atoms with Gasteiger partial charge in [0.15, 0.2) is 16.8 Å². The van der Waals surface area contributed by atoms with Crippen LogP contribution < -0.4 is 15.0 Å². The molecule has 2 saturated heterocycles.